The highest BCUT2D eigenvalue weighted by Gasteiger charge is 2.54. The summed E-state index contributed by atoms with van der Waals surface area (Å²) in [5.74, 6) is -1.50. The van der Waals surface area contributed by atoms with E-state index in [0.29, 0.717) is 0 Å². The molecule has 0 spiro atoms. The van der Waals surface area contributed by atoms with E-state index in [1.807, 2.05) is 0 Å². The lowest BCUT2D eigenvalue weighted by atomic mass is 9.95. The van der Waals surface area contributed by atoms with Crippen molar-refractivity contribution in [1.82, 2.24) is 4.98 Å². The predicted octanol–water partition coefficient (Wildman–Crippen LogP) is 1.29. The van der Waals surface area contributed by atoms with Gasteiger partial charge in [0.05, 0.1) is 5.92 Å². The fourth-order valence-electron chi connectivity index (χ4n) is 2.09. The van der Waals surface area contributed by atoms with Crippen molar-refractivity contribution in [2.24, 2.45) is 11.0 Å². The number of ether oxygens (including phenoxy) is 1. The van der Waals surface area contributed by atoms with Gasteiger partial charge < -0.3 is 9.84 Å². The molecule has 21 heavy (non-hydrogen) atoms. The van der Waals surface area contributed by atoms with Crippen molar-refractivity contribution in [2.75, 3.05) is 12.1 Å². The summed E-state index contributed by atoms with van der Waals surface area (Å²) in [7, 11) is 0.864. The number of anilines is 1. The van der Waals surface area contributed by atoms with Gasteiger partial charge in [-0.25, -0.2) is 9.99 Å². The van der Waals surface area contributed by atoms with Gasteiger partial charge in [0.15, 0.2) is 18.1 Å². The zero-order valence-corrected chi connectivity index (χ0v) is 10.8. The maximum absolute atomic E-state index is 13.0. The maximum Gasteiger partial charge on any atom is 0.415 e. The van der Waals surface area contributed by atoms with Gasteiger partial charge >= 0.3 is 6.18 Å². The number of pyridine rings is 1. The number of aliphatic hydroxyl groups excluding tert-OH is 1. The molecule has 0 amide bonds. The minimum absolute atomic E-state index is 0.136. The van der Waals surface area contributed by atoms with Crippen LogP contribution in [0.25, 0.3) is 0 Å². The zero-order chi connectivity index (χ0) is 15.6. The summed E-state index contributed by atoms with van der Waals surface area (Å²) in [6.07, 6.45) is -7.37. The lowest BCUT2D eigenvalue weighted by molar-refractivity contribution is -0.227. The number of hydrogen-bond acceptors (Lipinski definition) is 6. The van der Waals surface area contributed by atoms with E-state index in [4.69, 9.17) is 5.26 Å². The Kier molecular flexibility index (Phi) is 4.11. The molecule has 3 atom stereocenters. The fraction of sp³-hybridized carbons (Fsp3) is 0.417. The molecule has 2 heterocycles. The molecule has 1 aromatic rings. The smallest absolute Gasteiger partial charge is 0.371 e. The van der Waals surface area contributed by atoms with Crippen LogP contribution in [-0.4, -0.2) is 41.4 Å². The molecular weight excluding hydrogens is 289 g/mol. The minimum atomic E-state index is -4.74. The first kappa shape index (κ1) is 15.2. The molecular formula is C12H11F3N4O2. The Morgan fingerprint density at radius 2 is 2.19 bits per heavy atom. The molecule has 0 aliphatic carbocycles. The SMILES string of the molecule is COC(C1C(C#N)=NN(c2ccccn2)C1O)C(F)(F)F. The summed E-state index contributed by atoms with van der Waals surface area (Å²) in [6, 6.07) is 6.22. The monoisotopic (exact) mass is 300 g/mol. The van der Waals surface area contributed by atoms with Gasteiger partial charge in [-0.3, -0.25) is 0 Å². The minimum Gasteiger partial charge on any atom is -0.371 e. The van der Waals surface area contributed by atoms with Crippen LogP contribution >= 0.6 is 0 Å². The molecule has 9 heteroatoms. The molecule has 0 radical (unpaired) electrons. The second kappa shape index (κ2) is 5.67. The summed E-state index contributed by atoms with van der Waals surface area (Å²) in [4.78, 5) is 3.89. The van der Waals surface area contributed by atoms with Crippen LogP contribution in [0.5, 0.6) is 0 Å². The highest BCUT2D eigenvalue weighted by Crippen LogP contribution is 2.35. The highest BCUT2D eigenvalue weighted by atomic mass is 19.4. The normalized spacial score (nSPS) is 23.6. The molecule has 1 aromatic heterocycles. The van der Waals surface area contributed by atoms with Crippen LogP contribution in [0.2, 0.25) is 0 Å². The summed E-state index contributed by atoms with van der Waals surface area (Å²) < 4.78 is 43.3. The van der Waals surface area contributed by atoms with Gasteiger partial charge in [0.2, 0.25) is 0 Å². The van der Waals surface area contributed by atoms with Gasteiger partial charge in [0, 0.05) is 13.3 Å². The second-order valence-corrected chi connectivity index (χ2v) is 4.27. The number of hydrazone groups is 1. The topological polar surface area (TPSA) is 81.7 Å². The maximum atomic E-state index is 13.0. The lowest BCUT2D eigenvalue weighted by Gasteiger charge is -2.28. The summed E-state index contributed by atoms with van der Waals surface area (Å²) in [5, 5.41) is 23.7. The van der Waals surface area contributed by atoms with Crippen molar-refractivity contribution in [3.63, 3.8) is 0 Å². The van der Waals surface area contributed by atoms with Crippen LogP contribution in [-0.2, 0) is 4.74 Å². The Labute approximate surface area is 118 Å². The molecule has 3 unspecified atom stereocenters. The van der Waals surface area contributed by atoms with E-state index in [9.17, 15) is 18.3 Å². The molecule has 0 saturated heterocycles. The molecule has 112 valence electrons. The van der Waals surface area contributed by atoms with Crippen LogP contribution in [0.1, 0.15) is 0 Å². The highest BCUT2D eigenvalue weighted by molar-refractivity contribution is 6.03. The fourth-order valence-corrected chi connectivity index (χ4v) is 2.09. The predicted molar refractivity (Wildman–Crippen MR) is 66.1 cm³/mol. The summed E-state index contributed by atoms with van der Waals surface area (Å²) in [6.45, 7) is 0. The van der Waals surface area contributed by atoms with Gasteiger partial charge in [-0.2, -0.15) is 23.5 Å². The first-order valence-corrected chi connectivity index (χ1v) is 5.86. The van der Waals surface area contributed by atoms with Crippen LogP contribution in [0.4, 0.5) is 19.0 Å². The van der Waals surface area contributed by atoms with Crippen molar-refractivity contribution in [1.29, 1.82) is 5.26 Å². The Hall–Kier alpha value is -2.18. The molecule has 2 rings (SSSR count). The van der Waals surface area contributed by atoms with E-state index in [2.05, 4.69) is 14.8 Å². The third kappa shape index (κ3) is 2.81. The molecule has 0 aromatic carbocycles. The number of alkyl halides is 3. The average Bonchev–Trinajstić information content (AvgIpc) is 2.77. The molecule has 0 saturated carbocycles. The van der Waals surface area contributed by atoms with Gasteiger partial charge in [-0.05, 0) is 12.1 Å². The first-order valence-electron chi connectivity index (χ1n) is 5.86. The van der Waals surface area contributed by atoms with Crippen molar-refractivity contribution in [3.05, 3.63) is 24.4 Å². The van der Waals surface area contributed by atoms with E-state index in [-0.39, 0.29) is 5.82 Å². The standard InChI is InChI=1S/C12H11F3N4O2/c1-21-10(12(13,14)15)9-7(6-16)18-19(11(9)20)8-4-2-3-5-17-8/h2-5,9-11,20H,1H3. The third-order valence-corrected chi connectivity index (χ3v) is 3.00. The molecule has 1 N–H and O–H groups in total. The summed E-state index contributed by atoms with van der Waals surface area (Å²) in [5.41, 5.74) is -0.461. The van der Waals surface area contributed by atoms with E-state index < -0.39 is 30.1 Å². The molecule has 0 bridgehead atoms. The van der Waals surface area contributed by atoms with Crippen LogP contribution in [0, 0.1) is 17.2 Å². The Balaban J connectivity index is 2.38. The number of halogens is 3. The molecule has 1 aliphatic rings. The third-order valence-electron chi connectivity index (χ3n) is 3.00. The van der Waals surface area contributed by atoms with Gasteiger partial charge in [0.25, 0.3) is 0 Å². The molecule has 0 fully saturated rings. The van der Waals surface area contributed by atoms with E-state index in [1.165, 1.54) is 12.3 Å². The Morgan fingerprint density at radius 1 is 1.48 bits per heavy atom. The van der Waals surface area contributed by atoms with Crippen LogP contribution < -0.4 is 5.01 Å². The molecule has 6 nitrogen and oxygen atoms in total. The van der Waals surface area contributed by atoms with Gasteiger partial charge in [-0.1, -0.05) is 6.07 Å². The van der Waals surface area contributed by atoms with Crippen LogP contribution in [0.15, 0.2) is 29.5 Å². The number of methoxy groups -OCH3 is 1. The number of nitrogens with zero attached hydrogens (tertiary/aromatic N) is 4. The quantitative estimate of drug-likeness (QED) is 0.909. The van der Waals surface area contributed by atoms with Crippen molar-refractivity contribution in [2.45, 2.75) is 18.5 Å². The number of aliphatic hydroxyl groups is 1. The largest absolute Gasteiger partial charge is 0.415 e. The Morgan fingerprint density at radius 3 is 2.67 bits per heavy atom. The second-order valence-electron chi connectivity index (χ2n) is 4.27. The zero-order valence-electron chi connectivity index (χ0n) is 10.8. The van der Waals surface area contributed by atoms with Gasteiger partial charge in [0.1, 0.15) is 11.8 Å². The number of nitriles is 1. The van der Waals surface area contributed by atoms with Crippen molar-refractivity contribution < 1.29 is 23.0 Å². The Bertz CT molecular complexity index is 570. The average molecular weight is 300 g/mol. The number of rotatable bonds is 3. The number of aromatic nitrogens is 1. The summed E-state index contributed by atoms with van der Waals surface area (Å²) >= 11 is 0. The van der Waals surface area contributed by atoms with E-state index in [0.717, 1.165) is 12.1 Å². The van der Waals surface area contributed by atoms with Crippen molar-refractivity contribution >= 4 is 11.5 Å². The first-order chi connectivity index (χ1) is 9.90. The lowest BCUT2D eigenvalue weighted by Crippen LogP contribution is -2.47. The number of hydrogen-bond donors (Lipinski definition) is 1. The van der Waals surface area contributed by atoms with E-state index >= 15 is 0 Å². The molecule has 1 aliphatic heterocycles. The van der Waals surface area contributed by atoms with Crippen molar-refractivity contribution in [3.8, 4) is 6.07 Å². The van der Waals surface area contributed by atoms with Crippen LogP contribution in [0.3, 0.4) is 0 Å². The van der Waals surface area contributed by atoms with Gasteiger partial charge in [-0.15, -0.1) is 0 Å². The van der Waals surface area contributed by atoms with E-state index in [1.54, 1.807) is 18.2 Å².